The minimum absolute atomic E-state index is 0.250. The lowest BCUT2D eigenvalue weighted by Gasteiger charge is -2.43. The minimum Gasteiger partial charge on any atom is -0.396 e. The number of nitriles is 1. The summed E-state index contributed by atoms with van der Waals surface area (Å²) in [4.78, 5) is 0. The monoisotopic (exact) mass is 258 g/mol. The Morgan fingerprint density at radius 2 is 2.11 bits per heavy atom. The van der Waals surface area contributed by atoms with E-state index in [2.05, 4.69) is 18.3 Å². The van der Waals surface area contributed by atoms with Gasteiger partial charge in [0.05, 0.1) is 11.5 Å². The molecule has 0 saturated heterocycles. The molecule has 1 aromatic rings. The van der Waals surface area contributed by atoms with Crippen LogP contribution in [0.15, 0.2) is 30.3 Å². The van der Waals surface area contributed by atoms with Crippen molar-refractivity contribution in [3.05, 3.63) is 35.9 Å². The summed E-state index contributed by atoms with van der Waals surface area (Å²) in [5.41, 5.74) is 0.845. The molecular formula is C16H22N2O. The van der Waals surface area contributed by atoms with Gasteiger partial charge in [0.2, 0.25) is 0 Å². The molecule has 102 valence electrons. The molecule has 0 aliphatic heterocycles. The SMILES string of the molecule is CC(CCO)CNC1CC(C#N)(c2ccccc2)C1. The van der Waals surface area contributed by atoms with Gasteiger partial charge < -0.3 is 10.4 Å². The lowest BCUT2D eigenvalue weighted by atomic mass is 9.62. The highest BCUT2D eigenvalue weighted by molar-refractivity contribution is 5.36. The van der Waals surface area contributed by atoms with Gasteiger partial charge in [0.15, 0.2) is 0 Å². The predicted molar refractivity (Wildman–Crippen MR) is 75.6 cm³/mol. The van der Waals surface area contributed by atoms with E-state index in [9.17, 15) is 5.26 Å². The van der Waals surface area contributed by atoms with E-state index in [1.807, 2.05) is 30.3 Å². The molecule has 1 aliphatic rings. The summed E-state index contributed by atoms with van der Waals surface area (Å²) in [5.74, 6) is 0.485. The summed E-state index contributed by atoms with van der Waals surface area (Å²) in [6, 6.07) is 13.0. The standard InChI is InChI=1S/C16H22N2O/c1-13(7-8-19)11-18-15-9-16(10-15,12-17)14-5-3-2-4-6-14/h2-6,13,15,18-19H,7-11H2,1H3. The van der Waals surface area contributed by atoms with Crippen LogP contribution in [-0.2, 0) is 5.41 Å². The average molecular weight is 258 g/mol. The maximum atomic E-state index is 9.46. The van der Waals surface area contributed by atoms with Crippen LogP contribution in [0.3, 0.4) is 0 Å². The van der Waals surface area contributed by atoms with E-state index in [0.29, 0.717) is 12.0 Å². The molecule has 1 aliphatic carbocycles. The van der Waals surface area contributed by atoms with Gasteiger partial charge in [-0.15, -0.1) is 0 Å². The first kappa shape index (κ1) is 14.0. The summed E-state index contributed by atoms with van der Waals surface area (Å²) < 4.78 is 0. The van der Waals surface area contributed by atoms with Crippen molar-refractivity contribution < 1.29 is 5.11 Å². The fourth-order valence-electron chi connectivity index (χ4n) is 2.76. The maximum absolute atomic E-state index is 9.46. The molecule has 1 unspecified atom stereocenters. The quantitative estimate of drug-likeness (QED) is 0.822. The van der Waals surface area contributed by atoms with Crippen LogP contribution in [0.4, 0.5) is 0 Å². The van der Waals surface area contributed by atoms with Crippen molar-refractivity contribution in [2.45, 2.75) is 37.6 Å². The van der Waals surface area contributed by atoms with Crippen molar-refractivity contribution in [1.29, 1.82) is 5.26 Å². The van der Waals surface area contributed by atoms with E-state index < -0.39 is 0 Å². The summed E-state index contributed by atoms with van der Waals surface area (Å²) in [6.07, 6.45) is 2.61. The molecule has 19 heavy (non-hydrogen) atoms. The number of benzene rings is 1. The Kier molecular flexibility index (Phi) is 4.57. The van der Waals surface area contributed by atoms with E-state index in [-0.39, 0.29) is 12.0 Å². The summed E-state index contributed by atoms with van der Waals surface area (Å²) in [7, 11) is 0. The summed E-state index contributed by atoms with van der Waals surface area (Å²) in [6.45, 7) is 3.30. The fraction of sp³-hybridized carbons (Fsp3) is 0.562. The summed E-state index contributed by atoms with van der Waals surface area (Å²) >= 11 is 0. The number of aliphatic hydroxyl groups excluding tert-OH is 1. The Hall–Kier alpha value is -1.37. The van der Waals surface area contributed by atoms with Gasteiger partial charge in [0.1, 0.15) is 0 Å². The first-order valence-electron chi connectivity index (χ1n) is 7.01. The lowest BCUT2D eigenvalue weighted by molar-refractivity contribution is 0.208. The van der Waals surface area contributed by atoms with Gasteiger partial charge in [0.25, 0.3) is 0 Å². The Labute approximate surface area is 115 Å². The van der Waals surface area contributed by atoms with E-state index in [1.165, 1.54) is 0 Å². The highest BCUT2D eigenvalue weighted by atomic mass is 16.3. The molecule has 2 N–H and O–H groups in total. The van der Waals surface area contributed by atoms with Gasteiger partial charge in [0, 0.05) is 12.6 Å². The highest BCUT2D eigenvalue weighted by Gasteiger charge is 2.45. The highest BCUT2D eigenvalue weighted by Crippen LogP contribution is 2.43. The second kappa shape index (κ2) is 6.18. The molecule has 0 spiro atoms. The Balaban J connectivity index is 1.85. The van der Waals surface area contributed by atoms with Crippen molar-refractivity contribution in [2.75, 3.05) is 13.2 Å². The Morgan fingerprint density at radius 3 is 2.68 bits per heavy atom. The van der Waals surface area contributed by atoms with Crippen LogP contribution < -0.4 is 5.32 Å². The van der Waals surface area contributed by atoms with Crippen LogP contribution in [0.1, 0.15) is 31.7 Å². The predicted octanol–water partition coefficient (Wildman–Crippen LogP) is 2.22. The van der Waals surface area contributed by atoms with Crippen LogP contribution in [0.25, 0.3) is 0 Å². The van der Waals surface area contributed by atoms with Gasteiger partial charge >= 0.3 is 0 Å². The van der Waals surface area contributed by atoms with Crippen molar-refractivity contribution in [2.24, 2.45) is 5.92 Å². The Bertz CT molecular complexity index is 432. The third kappa shape index (κ3) is 3.15. The third-order valence-electron chi connectivity index (χ3n) is 4.11. The lowest BCUT2D eigenvalue weighted by Crippen LogP contribution is -2.51. The zero-order valence-electron chi connectivity index (χ0n) is 11.5. The molecule has 1 aromatic carbocycles. The number of hydrogen-bond acceptors (Lipinski definition) is 3. The first-order chi connectivity index (χ1) is 9.20. The molecule has 0 aromatic heterocycles. The van der Waals surface area contributed by atoms with Crippen molar-refractivity contribution in [3.8, 4) is 6.07 Å². The van der Waals surface area contributed by atoms with Crippen molar-refractivity contribution >= 4 is 0 Å². The molecular weight excluding hydrogens is 236 g/mol. The molecule has 2 rings (SSSR count). The largest absolute Gasteiger partial charge is 0.396 e. The first-order valence-corrected chi connectivity index (χ1v) is 7.01. The number of nitrogens with one attached hydrogen (secondary N) is 1. The molecule has 3 heteroatoms. The van der Waals surface area contributed by atoms with Crippen molar-refractivity contribution in [3.63, 3.8) is 0 Å². The molecule has 0 bridgehead atoms. The van der Waals surface area contributed by atoms with Crippen LogP contribution in [-0.4, -0.2) is 24.3 Å². The molecule has 1 atom stereocenters. The molecule has 0 amide bonds. The Morgan fingerprint density at radius 1 is 1.42 bits per heavy atom. The molecule has 0 heterocycles. The number of rotatable bonds is 6. The molecule has 1 saturated carbocycles. The van der Waals surface area contributed by atoms with Crippen LogP contribution >= 0.6 is 0 Å². The normalized spacial score (nSPS) is 27.3. The second-order valence-electron chi connectivity index (χ2n) is 5.69. The van der Waals surface area contributed by atoms with Gasteiger partial charge in [-0.1, -0.05) is 37.3 Å². The fourth-order valence-corrected chi connectivity index (χ4v) is 2.76. The summed E-state index contributed by atoms with van der Waals surface area (Å²) in [5, 5.41) is 21.8. The zero-order valence-corrected chi connectivity index (χ0v) is 11.5. The van der Waals surface area contributed by atoms with Crippen LogP contribution in [0, 0.1) is 17.2 Å². The molecule has 1 fully saturated rings. The molecule has 0 radical (unpaired) electrons. The van der Waals surface area contributed by atoms with E-state index >= 15 is 0 Å². The number of nitrogens with zero attached hydrogens (tertiary/aromatic N) is 1. The van der Waals surface area contributed by atoms with Gasteiger partial charge in [-0.05, 0) is 37.3 Å². The maximum Gasteiger partial charge on any atom is 0.0852 e. The number of aliphatic hydroxyl groups is 1. The zero-order chi connectivity index (χ0) is 13.7. The average Bonchev–Trinajstić information content (AvgIpc) is 2.39. The van der Waals surface area contributed by atoms with Crippen LogP contribution in [0.5, 0.6) is 0 Å². The van der Waals surface area contributed by atoms with E-state index in [4.69, 9.17) is 5.11 Å². The second-order valence-corrected chi connectivity index (χ2v) is 5.69. The number of hydrogen-bond donors (Lipinski definition) is 2. The van der Waals surface area contributed by atoms with Crippen molar-refractivity contribution in [1.82, 2.24) is 5.32 Å². The molecule has 3 nitrogen and oxygen atoms in total. The van der Waals surface area contributed by atoms with Gasteiger partial charge in [-0.3, -0.25) is 0 Å². The third-order valence-corrected chi connectivity index (χ3v) is 4.11. The van der Waals surface area contributed by atoms with Crippen LogP contribution in [0.2, 0.25) is 0 Å². The van der Waals surface area contributed by atoms with E-state index in [1.54, 1.807) is 0 Å². The van der Waals surface area contributed by atoms with Gasteiger partial charge in [-0.2, -0.15) is 5.26 Å². The van der Waals surface area contributed by atoms with E-state index in [0.717, 1.165) is 31.4 Å². The smallest absolute Gasteiger partial charge is 0.0852 e. The minimum atomic E-state index is -0.293. The van der Waals surface area contributed by atoms with Gasteiger partial charge in [-0.25, -0.2) is 0 Å². The topological polar surface area (TPSA) is 56.0 Å².